The van der Waals surface area contributed by atoms with Gasteiger partial charge >= 0.3 is 0 Å². The number of aromatic nitrogens is 1. The maximum atomic E-state index is 5.99. The summed E-state index contributed by atoms with van der Waals surface area (Å²) < 4.78 is 9.47. The molecule has 1 atom stereocenters. The lowest BCUT2D eigenvalue weighted by molar-refractivity contribution is 0.184. The largest absolute Gasteiger partial charge is 0.383 e. The molecule has 0 aliphatic carbocycles. The van der Waals surface area contributed by atoms with Crippen LogP contribution >= 0.6 is 11.5 Å². The second kappa shape index (κ2) is 6.54. The lowest BCUT2D eigenvalue weighted by Crippen LogP contribution is -2.23. The van der Waals surface area contributed by atoms with Gasteiger partial charge in [0.25, 0.3) is 0 Å². The van der Waals surface area contributed by atoms with Gasteiger partial charge in [0.05, 0.1) is 18.2 Å². The Balaban J connectivity index is 2.28. The van der Waals surface area contributed by atoms with E-state index in [2.05, 4.69) is 16.6 Å². The molecular formula is C14H19N3OS. The zero-order valence-corrected chi connectivity index (χ0v) is 12.0. The van der Waals surface area contributed by atoms with Crippen molar-refractivity contribution in [2.45, 2.75) is 19.4 Å². The summed E-state index contributed by atoms with van der Waals surface area (Å²) in [6, 6.07) is 10.4. The highest BCUT2D eigenvalue weighted by molar-refractivity contribution is 7.11. The number of hydrogen-bond donors (Lipinski definition) is 2. The second-order valence-electron chi connectivity index (χ2n) is 4.34. The van der Waals surface area contributed by atoms with E-state index >= 15 is 0 Å². The molecule has 0 amide bonds. The lowest BCUT2D eigenvalue weighted by atomic mass is 10.1. The van der Waals surface area contributed by atoms with Crippen molar-refractivity contribution in [1.29, 1.82) is 0 Å². The molecule has 3 N–H and O–H groups in total. The number of ether oxygens (including phenoxy) is 1. The molecule has 2 aromatic rings. The van der Waals surface area contributed by atoms with Crippen LogP contribution in [0.25, 0.3) is 11.1 Å². The van der Waals surface area contributed by atoms with Gasteiger partial charge < -0.3 is 15.8 Å². The maximum absolute atomic E-state index is 5.99. The van der Waals surface area contributed by atoms with Gasteiger partial charge in [0, 0.05) is 7.11 Å². The van der Waals surface area contributed by atoms with Crippen LogP contribution in [-0.4, -0.2) is 24.1 Å². The Morgan fingerprint density at radius 2 is 2.11 bits per heavy atom. The third-order valence-corrected chi connectivity index (χ3v) is 3.77. The standard InChI is InChI=1S/C14H19N3OS/c1-3-11(9-18-2)16-14-12(13(15)17-19-14)10-7-5-4-6-8-10/h4-8,11,16H,3,9H2,1-2H3,(H2,15,17). The van der Waals surface area contributed by atoms with E-state index in [1.807, 2.05) is 30.3 Å². The summed E-state index contributed by atoms with van der Waals surface area (Å²) >= 11 is 1.40. The summed E-state index contributed by atoms with van der Waals surface area (Å²) in [5, 5.41) is 4.48. The lowest BCUT2D eigenvalue weighted by Gasteiger charge is -2.16. The van der Waals surface area contributed by atoms with Crippen LogP contribution in [-0.2, 0) is 4.74 Å². The molecule has 1 unspecified atom stereocenters. The minimum absolute atomic E-state index is 0.271. The predicted octanol–water partition coefficient (Wildman–Crippen LogP) is 3.23. The Kier molecular flexibility index (Phi) is 4.76. The van der Waals surface area contributed by atoms with Crippen LogP contribution in [0.3, 0.4) is 0 Å². The molecule has 0 saturated carbocycles. The number of hydrogen-bond acceptors (Lipinski definition) is 5. The molecule has 19 heavy (non-hydrogen) atoms. The number of rotatable bonds is 6. The zero-order valence-electron chi connectivity index (χ0n) is 11.2. The molecule has 5 heteroatoms. The average molecular weight is 277 g/mol. The summed E-state index contributed by atoms with van der Waals surface area (Å²) in [5.41, 5.74) is 8.07. The molecule has 0 fully saturated rings. The van der Waals surface area contributed by atoms with E-state index in [1.165, 1.54) is 11.5 Å². The number of nitrogen functional groups attached to an aromatic ring is 1. The van der Waals surface area contributed by atoms with Gasteiger partial charge in [0.15, 0.2) is 0 Å². The van der Waals surface area contributed by atoms with Crippen LogP contribution in [0, 0.1) is 0 Å². The molecule has 2 rings (SSSR count). The smallest absolute Gasteiger partial charge is 0.147 e. The second-order valence-corrected chi connectivity index (χ2v) is 5.12. The van der Waals surface area contributed by atoms with E-state index in [0.29, 0.717) is 12.4 Å². The number of methoxy groups -OCH3 is 1. The highest BCUT2D eigenvalue weighted by atomic mass is 32.1. The molecular weight excluding hydrogens is 258 g/mol. The van der Waals surface area contributed by atoms with Gasteiger partial charge in [0.2, 0.25) is 0 Å². The first-order valence-electron chi connectivity index (χ1n) is 6.32. The van der Waals surface area contributed by atoms with Gasteiger partial charge in [-0.3, -0.25) is 0 Å². The Bertz CT molecular complexity index is 513. The average Bonchev–Trinajstić information content (AvgIpc) is 2.80. The fourth-order valence-electron chi connectivity index (χ4n) is 1.93. The molecule has 1 aromatic carbocycles. The Morgan fingerprint density at radius 3 is 2.74 bits per heavy atom. The van der Waals surface area contributed by atoms with Crippen molar-refractivity contribution in [2.24, 2.45) is 0 Å². The van der Waals surface area contributed by atoms with E-state index in [0.717, 1.165) is 22.5 Å². The van der Waals surface area contributed by atoms with E-state index in [4.69, 9.17) is 10.5 Å². The van der Waals surface area contributed by atoms with E-state index in [9.17, 15) is 0 Å². The fourth-order valence-corrected chi connectivity index (χ4v) is 2.75. The first-order chi connectivity index (χ1) is 9.26. The summed E-state index contributed by atoms with van der Waals surface area (Å²) in [5.74, 6) is 0.575. The molecule has 1 heterocycles. The van der Waals surface area contributed by atoms with Gasteiger partial charge in [-0.1, -0.05) is 37.3 Å². The highest BCUT2D eigenvalue weighted by Crippen LogP contribution is 2.37. The number of benzene rings is 1. The van der Waals surface area contributed by atoms with Gasteiger partial charge in [0.1, 0.15) is 10.8 Å². The highest BCUT2D eigenvalue weighted by Gasteiger charge is 2.16. The van der Waals surface area contributed by atoms with Gasteiger partial charge in [-0.2, -0.15) is 4.37 Å². The Hall–Kier alpha value is -1.59. The quantitative estimate of drug-likeness (QED) is 0.851. The van der Waals surface area contributed by atoms with Crippen molar-refractivity contribution < 1.29 is 4.74 Å². The molecule has 0 radical (unpaired) electrons. The molecule has 4 nitrogen and oxygen atoms in total. The molecule has 0 spiro atoms. The zero-order chi connectivity index (χ0) is 13.7. The van der Waals surface area contributed by atoms with Crippen LogP contribution < -0.4 is 11.1 Å². The van der Waals surface area contributed by atoms with Crippen molar-refractivity contribution in [2.75, 3.05) is 24.8 Å². The molecule has 0 aliphatic rings. The third-order valence-electron chi connectivity index (χ3n) is 2.98. The van der Waals surface area contributed by atoms with E-state index < -0.39 is 0 Å². The predicted molar refractivity (Wildman–Crippen MR) is 81.5 cm³/mol. The summed E-state index contributed by atoms with van der Waals surface area (Å²) in [7, 11) is 1.71. The summed E-state index contributed by atoms with van der Waals surface area (Å²) in [4.78, 5) is 0. The normalized spacial score (nSPS) is 12.3. The molecule has 102 valence electrons. The number of nitrogens with one attached hydrogen (secondary N) is 1. The van der Waals surface area contributed by atoms with Crippen molar-refractivity contribution >= 4 is 22.4 Å². The van der Waals surface area contributed by atoms with Gasteiger partial charge in [-0.15, -0.1) is 0 Å². The van der Waals surface area contributed by atoms with Crippen LogP contribution in [0.2, 0.25) is 0 Å². The summed E-state index contributed by atoms with van der Waals surface area (Å²) in [6.07, 6.45) is 0.986. The van der Waals surface area contributed by atoms with Crippen molar-refractivity contribution in [3.8, 4) is 11.1 Å². The molecule has 1 aromatic heterocycles. The monoisotopic (exact) mass is 277 g/mol. The number of anilines is 2. The first-order valence-corrected chi connectivity index (χ1v) is 7.09. The van der Waals surface area contributed by atoms with Crippen LogP contribution in [0.1, 0.15) is 13.3 Å². The number of nitrogens with two attached hydrogens (primary N) is 1. The summed E-state index contributed by atoms with van der Waals surface area (Å²) in [6.45, 7) is 2.80. The Morgan fingerprint density at radius 1 is 1.37 bits per heavy atom. The minimum Gasteiger partial charge on any atom is -0.383 e. The van der Waals surface area contributed by atoms with Crippen LogP contribution in [0.15, 0.2) is 30.3 Å². The topological polar surface area (TPSA) is 60.2 Å². The van der Waals surface area contributed by atoms with E-state index in [-0.39, 0.29) is 6.04 Å². The van der Waals surface area contributed by atoms with E-state index in [1.54, 1.807) is 7.11 Å². The first kappa shape index (κ1) is 13.8. The molecule has 0 saturated heterocycles. The van der Waals surface area contributed by atoms with Gasteiger partial charge in [-0.25, -0.2) is 0 Å². The van der Waals surface area contributed by atoms with Crippen LogP contribution in [0.5, 0.6) is 0 Å². The van der Waals surface area contributed by atoms with Crippen LogP contribution in [0.4, 0.5) is 10.8 Å². The van der Waals surface area contributed by atoms with Crippen molar-refractivity contribution in [3.05, 3.63) is 30.3 Å². The Labute approximate surface area is 117 Å². The van der Waals surface area contributed by atoms with Gasteiger partial charge in [-0.05, 0) is 23.5 Å². The maximum Gasteiger partial charge on any atom is 0.147 e. The molecule has 0 bridgehead atoms. The fraction of sp³-hybridized carbons (Fsp3) is 0.357. The SMILES string of the molecule is CCC(COC)Nc1snc(N)c1-c1ccccc1. The third kappa shape index (κ3) is 3.24. The van der Waals surface area contributed by atoms with Crippen molar-refractivity contribution in [1.82, 2.24) is 4.37 Å². The number of nitrogens with zero attached hydrogens (tertiary/aromatic N) is 1. The minimum atomic E-state index is 0.271. The van der Waals surface area contributed by atoms with Crippen molar-refractivity contribution in [3.63, 3.8) is 0 Å². The molecule has 0 aliphatic heterocycles.